The Kier molecular flexibility index (Phi) is 7.98. The molecule has 0 radical (unpaired) electrons. The van der Waals surface area contributed by atoms with Gasteiger partial charge in [0, 0.05) is 44.3 Å². The number of anilines is 2. The number of carbonyl (C=O) groups excluding carboxylic acids is 1. The highest BCUT2D eigenvalue weighted by molar-refractivity contribution is 6.31. The van der Waals surface area contributed by atoms with E-state index in [1.807, 2.05) is 0 Å². The molecular weight excluding hydrogens is 579 g/mol. The molecule has 1 aliphatic heterocycles. The zero-order valence-electron chi connectivity index (χ0n) is 20.5. The van der Waals surface area contributed by atoms with Crippen LogP contribution in [-0.4, -0.2) is 24.6 Å². The number of alkyl halides is 5. The van der Waals surface area contributed by atoms with Gasteiger partial charge in [0.25, 0.3) is 12.3 Å². The average molecular weight is 596 g/mol. The van der Waals surface area contributed by atoms with Crippen LogP contribution in [0.5, 0.6) is 0 Å². The number of nitrogens with one attached hydrogen (secondary N) is 4. The first-order valence-corrected chi connectivity index (χ1v) is 11.9. The van der Waals surface area contributed by atoms with Crippen LogP contribution in [0, 0.1) is 28.4 Å². The largest absolute Gasteiger partial charge is 0.416 e. The van der Waals surface area contributed by atoms with Crippen LogP contribution in [0.2, 0.25) is 5.02 Å². The lowest BCUT2D eigenvalue weighted by molar-refractivity contribution is -0.137. The number of hydrogen-bond donors (Lipinski definition) is 4. The van der Waals surface area contributed by atoms with Crippen LogP contribution in [0.3, 0.4) is 0 Å². The van der Waals surface area contributed by atoms with Crippen molar-refractivity contribution < 1.29 is 35.5 Å². The minimum atomic E-state index is -4.89. The second-order valence-corrected chi connectivity index (χ2v) is 9.20. The number of nitrogens with zero attached hydrogens (tertiary/aromatic N) is 1. The van der Waals surface area contributed by atoms with E-state index in [1.54, 1.807) is 6.07 Å². The van der Waals surface area contributed by atoms with E-state index in [2.05, 4.69) is 22.5 Å². The van der Waals surface area contributed by atoms with Crippen LogP contribution < -0.4 is 16.0 Å². The summed E-state index contributed by atoms with van der Waals surface area (Å²) in [6.45, 7) is 2.71. The van der Waals surface area contributed by atoms with Crippen LogP contribution in [0.1, 0.15) is 44.2 Å². The highest BCUT2D eigenvalue weighted by Gasteiger charge is 2.38. The number of amides is 1. The normalized spacial score (nSPS) is 14.3. The topological polar surface area (TPSA) is 101 Å². The predicted molar refractivity (Wildman–Crippen MR) is 138 cm³/mol. The fraction of sp³-hybridized carbons (Fsp3) is 0.148. The molecule has 0 aromatic heterocycles. The van der Waals surface area contributed by atoms with Crippen LogP contribution in [0.4, 0.5) is 42.1 Å². The number of fused-ring (bicyclic) bond motifs is 1. The van der Waals surface area contributed by atoms with E-state index in [1.165, 1.54) is 6.07 Å². The van der Waals surface area contributed by atoms with Gasteiger partial charge in [0.2, 0.25) is 0 Å². The number of benzene rings is 3. The lowest BCUT2D eigenvalue weighted by atomic mass is 9.90. The summed E-state index contributed by atoms with van der Waals surface area (Å²) < 4.78 is 94.4. The van der Waals surface area contributed by atoms with E-state index < -0.39 is 54.0 Å². The fourth-order valence-electron chi connectivity index (χ4n) is 4.39. The van der Waals surface area contributed by atoms with Gasteiger partial charge in [-0.2, -0.15) is 18.4 Å². The Hall–Kier alpha value is -4.57. The summed E-state index contributed by atoms with van der Waals surface area (Å²) in [5, 5.41) is 25.2. The van der Waals surface area contributed by atoms with E-state index >= 15 is 0 Å². The Morgan fingerprint density at radius 1 is 1.12 bits per heavy atom. The van der Waals surface area contributed by atoms with Gasteiger partial charge >= 0.3 is 6.18 Å². The van der Waals surface area contributed by atoms with Gasteiger partial charge in [0.05, 0.1) is 23.7 Å². The summed E-state index contributed by atoms with van der Waals surface area (Å²) in [6, 6.07) is 6.43. The van der Waals surface area contributed by atoms with Crippen molar-refractivity contribution in [3.63, 3.8) is 0 Å². The first kappa shape index (κ1) is 29.4. The predicted octanol–water partition coefficient (Wildman–Crippen LogP) is 7.12. The Bertz CT molecular complexity index is 1630. The summed E-state index contributed by atoms with van der Waals surface area (Å²) >= 11 is 6.27. The third-order valence-electron chi connectivity index (χ3n) is 6.10. The molecule has 0 fully saturated rings. The zero-order chi connectivity index (χ0) is 30.2. The lowest BCUT2D eigenvalue weighted by Crippen LogP contribution is -2.21. The second-order valence-electron chi connectivity index (χ2n) is 8.80. The maximum Gasteiger partial charge on any atom is 0.416 e. The molecule has 212 valence electrons. The maximum absolute atomic E-state index is 14.2. The third-order valence-corrected chi connectivity index (χ3v) is 6.44. The molecule has 1 aliphatic rings. The Labute approximate surface area is 232 Å². The quantitative estimate of drug-likeness (QED) is 0.165. The lowest BCUT2D eigenvalue weighted by Gasteiger charge is -2.22. The van der Waals surface area contributed by atoms with Crippen molar-refractivity contribution in [3.8, 4) is 6.07 Å². The number of rotatable bonds is 8. The molecule has 41 heavy (non-hydrogen) atoms. The van der Waals surface area contributed by atoms with Crippen molar-refractivity contribution in [2.75, 3.05) is 17.2 Å². The summed E-state index contributed by atoms with van der Waals surface area (Å²) in [4.78, 5) is 13.2. The highest BCUT2D eigenvalue weighted by atomic mass is 35.5. The van der Waals surface area contributed by atoms with Gasteiger partial charge in [-0.25, -0.2) is 17.6 Å². The molecule has 6 nitrogen and oxygen atoms in total. The third kappa shape index (κ3) is 5.97. The average Bonchev–Trinajstić information content (AvgIpc) is 3.24. The molecule has 14 heteroatoms. The van der Waals surface area contributed by atoms with Crippen molar-refractivity contribution in [2.24, 2.45) is 0 Å². The molecule has 0 aliphatic carbocycles. The van der Waals surface area contributed by atoms with Crippen LogP contribution in [-0.2, 0) is 6.18 Å². The Morgan fingerprint density at radius 2 is 1.83 bits per heavy atom. The minimum absolute atomic E-state index is 0.00564. The minimum Gasteiger partial charge on any atom is -0.379 e. The fourth-order valence-corrected chi connectivity index (χ4v) is 4.61. The smallest absolute Gasteiger partial charge is 0.379 e. The molecule has 1 atom stereocenters. The first-order valence-electron chi connectivity index (χ1n) is 11.5. The van der Waals surface area contributed by atoms with E-state index in [4.69, 9.17) is 17.0 Å². The van der Waals surface area contributed by atoms with Crippen molar-refractivity contribution in [1.82, 2.24) is 5.32 Å². The van der Waals surface area contributed by atoms with E-state index in [0.717, 1.165) is 24.3 Å². The summed E-state index contributed by atoms with van der Waals surface area (Å²) in [5.74, 6) is -2.83. The number of hydrogen-bond acceptors (Lipinski definition) is 5. The molecule has 1 heterocycles. The van der Waals surface area contributed by atoms with Gasteiger partial charge < -0.3 is 16.0 Å². The van der Waals surface area contributed by atoms with Gasteiger partial charge in [0.15, 0.2) is 0 Å². The molecule has 0 bridgehead atoms. The number of nitriles is 1. The highest BCUT2D eigenvalue weighted by Crippen LogP contribution is 2.44. The maximum atomic E-state index is 14.2. The molecule has 4 N–H and O–H groups in total. The second kappa shape index (κ2) is 11.1. The molecule has 0 saturated heterocycles. The van der Waals surface area contributed by atoms with Gasteiger partial charge in [-0.3, -0.25) is 10.2 Å². The zero-order valence-corrected chi connectivity index (χ0v) is 21.2. The standard InChI is InChI=1S/C27H17ClF7N5O/c1-11(12-4-13(27(33,34)35)6-15(30)5-12)39-20-8-19(38-10-21(31)32)22(18(37)9-36)24-23(20)25(40-26(24)41)16-7-14(29)2-3-17(16)28/h2-8,21,25,37-39H,1,10H2,(H,40,41). The van der Waals surface area contributed by atoms with Gasteiger partial charge in [-0.15, -0.1) is 0 Å². The molecule has 3 aromatic carbocycles. The van der Waals surface area contributed by atoms with Gasteiger partial charge in [0.1, 0.15) is 23.4 Å². The van der Waals surface area contributed by atoms with Gasteiger partial charge in [-0.1, -0.05) is 18.2 Å². The summed E-state index contributed by atoms with van der Waals surface area (Å²) in [7, 11) is 0. The Morgan fingerprint density at radius 3 is 2.46 bits per heavy atom. The van der Waals surface area contributed by atoms with E-state index in [9.17, 15) is 40.8 Å². The van der Waals surface area contributed by atoms with Crippen molar-refractivity contribution in [2.45, 2.75) is 18.6 Å². The molecule has 3 aromatic rings. The number of halogens is 8. The van der Waals surface area contributed by atoms with E-state index in [0.29, 0.717) is 6.07 Å². The van der Waals surface area contributed by atoms with Gasteiger partial charge in [-0.05, 0) is 42.5 Å². The van der Waals surface area contributed by atoms with Crippen molar-refractivity contribution in [3.05, 3.63) is 99.1 Å². The monoisotopic (exact) mass is 595 g/mol. The van der Waals surface area contributed by atoms with E-state index in [-0.39, 0.29) is 56.0 Å². The molecule has 1 amide bonds. The summed E-state index contributed by atoms with van der Waals surface area (Å²) in [5.41, 5.74) is -3.75. The van der Waals surface area contributed by atoms with Crippen LogP contribution >= 0.6 is 11.6 Å². The van der Waals surface area contributed by atoms with Crippen LogP contribution in [0.15, 0.2) is 49.0 Å². The molecule has 0 spiro atoms. The first-order chi connectivity index (χ1) is 19.2. The molecule has 1 unspecified atom stereocenters. The Balaban J connectivity index is 1.95. The number of carbonyl (C=O) groups is 1. The molecule has 0 saturated carbocycles. The molecular formula is C27H17ClF7N5O. The van der Waals surface area contributed by atoms with Crippen molar-refractivity contribution in [1.29, 1.82) is 10.7 Å². The molecule has 4 rings (SSSR count). The van der Waals surface area contributed by atoms with Crippen LogP contribution in [0.25, 0.3) is 5.70 Å². The summed E-state index contributed by atoms with van der Waals surface area (Å²) in [6.07, 6.45) is -7.78. The SMILES string of the molecule is C=C(Nc1cc(NCC(F)F)c(C(=N)C#N)c2c1C(c1cc(F)ccc1Cl)NC2=O)c1cc(F)cc(C(F)(F)F)c1. The van der Waals surface area contributed by atoms with Crippen molar-refractivity contribution >= 4 is 40.3 Å².